The maximum Gasteiger partial charge on any atom is 0.213 e. The molecule has 2 aromatic heterocycles. The third-order valence-electron chi connectivity index (χ3n) is 8.49. The first-order valence-corrected chi connectivity index (χ1v) is 13.8. The molecule has 0 radical (unpaired) electrons. The predicted octanol–water partition coefficient (Wildman–Crippen LogP) is 5.76. The van der Waals surface area contributed by atoms with Gasteiger partial charge in [0, 0.05) is 35.2 Å². The van der Waals surface area contributed by atoms with Gasteiger partial charge in [-0.1, -0.05) is 35.9 Å². The summed E-state index contributed by atoms with van der Waals surface area (Å²) in [5.74, 6) is 1.86. The summed E-state index contributed by atoms with van der Waals surface area (Å²) >= 11 is 5.86. The quantitative estimate of drug-likeness (QED) is 0.289. The van der Waals surface area contributed by atoms with Crippen molar-refractivity contribution >= 4 is 22.6 Å². The van der Waals surface area contributed by atoms with Crippen LogP contribution in [0.15, 0.2) is 60.7 Å². The molecular weight excluding hydrogens is 503 g/mol. The van der Waals surface area contributed by atoms with E-state index in [0.29, 0.717) is 28.5 Å². The summed E-state index contributed by atoms with van der Waals surface area (Å²) in [4.78, 5) is 12.4. The Morgan fingerprint density at radius 2 is 2.00 bits per heavy atom. The molecule has 0 amide bonds. The number of hydrogen-bond acceptors (Lipinski definition) is 5. The van der Waals surface area contributed by atoms with Gasteiger partial charge in [-0.15, -0.1) is 0 Å². The van der Waals surface area contributed by atoms with Crippen molar-refractivity contribution in [3.05, 3.63) is 88.6 Å². The van der Waals surface area contributed by atoms with Crippen molar-refractivity contribution in [2.75, 3.05) is 19.7 Å². The fraction of sp³-hybridized carbons (Fsp3) is 0.400. The highest BCUT2D eigenvalue weighted by Gasteiger charge is 2.58. The van der Waals surface area contributed by atoms with Gasteiger partial charge >= 0.3 is 0 Å². The Hall–Kier alpha value is -3.00. The Morgan fingerprint density at radius 3 is 2.82 bits per heavy atom. The van der Waals surface area contributed by atoms with E-state index in [9.17, 15) is 4.39 Å². The predicted molar refractivity (Wildman–Crippen MR) is 144 cm³/mol. The zero-order valence-corrected chi connectivity index (χ0v) is 21.9. The van der Waals surface area contributed by atoms with E-state index in [1.165, 1.54) is 11.6 Å². The van der Waals surface area contributed by atoms with E-state index in [1.54, 1.807) is 12.1 Å². The molecule has 38 heavy (non-hydrogen) atoms. The van der Waals surface area contributed by atoms with Crippen LogP contribution >= 0.6 is 11.6 Å². The van der Waals surface area contributed by atoms with Crippen LogP contribution in [0.3, 0.4) is 0 Å². The topological polar surface area (TPSA) is 52.4 Å². The van der Waals surface area contributed by atoms with Crippen LogP contribution in [0, 0.1) is 11.7 Å². The fourth-order valence-corrected chi connectivity index (χ4v) is 6.28. The second-order valence-corrected chi connectivity index (χ2v) is 11.3. The van der Waals surface area contributed by atoms with Gasteiger partial charge in [0.05, 0.1) is 35.9 Å². The summed E-state index contributed by atoms with van der Waals surface area (Å²) in [6, 6.07) is 19.0. The lowest BCUT2D eigenvalue weighted by atomic mass is 9.91. The van der Waals surface area contributed by atoms with E-state index in [4.69, 9.17) is 31.0 Å². The molecule has 6 nitrogen and oxygen atoms in total. The molecule has 2 saturated heterocycles. The number of aromatic nitrogens is 3. The largest absolute Gasteiger partial charge is 0.473 e. The molecule has 1 saturated carbocycles. The molecule has 1 aliphatic carbocycles. The number of hydrogen-bond donors (Lipinski definition) is 0. The molecule has 2 aromatic carbocycles. The molecule has 4 aromatic rings. The molecule has 3 aliphatic rings. The van der Waals surface area contributed by atoms with Gasteiger partial charge in [0.2, 0.25) is 5.88 Å². The van der Waals surface area contributed by atoms with E-state index in [-0.39, 0.29) is 17.8 Å². The van der Waals surface area contributed by atoms with Gasteiger partial charge in [0.25, 0.3) is 0 Å². The van der Waals surface area contributed by atoms with Crippen LogP contribution in [-0.4, -0.2) is 45.2 Å². The van der Waals surface area contributed by atoms with Gasteiger partial charge < -0.3 is 14.0 Å². The number of imidazole rings is 1. The lowest BCUT2D eigenvalue weighted by molar-refractivity contribution is -0.0592. The summed E-state index contributed by atoms with van der Waals surface area (Å²) in [6.07, 6.45) is 3.61. The summed E-state index contributed by atoms with van der Waals surface area (Å²) in [5, 5.41) is 0.376. The molecular formula is C30H30ClFN4O2. The van der Waals surface area contributed by atoms with E-state index in [2.05, 4.69) is 39.8 Å². The number of nitrogens with zero attached hydrogens (tertiary/aromatic N) is 4. The fourth-order valence-electron chi connectivity index (χ4n) is 6.12. The second kappa shape index (κ2) is 9.63. The summed E-state index contributed by atoms with van der Waals surface area (Å²) in [6.45, 7) is 4.73. The van der Waals surface area contributed by atoms with E-state index >= 15 is 0 Å². The number of piperidine rings is 1. The Morgan fingerprint density at radius 1 is 1.11 bits per heavy atom. The van der Waals surface area contributed by atoms with Gasteiger partial charge in [-0.05, 0) is 62.1 Å². The van der Waals surface area contributed by atoms with E-state index in [1.807, 2.05) is 12.1 Å². The van der Waals surface area contributed by atoms with E-state index < -0.39 is 0 Å². The molecule has 0 spiro atoms. The van der Waals surface area contributed by atoms with E-state index in [0.717, 1.165) is 69.1 Å². The molecule has 2 aliphatic heterocycles. The average molecular weight is 533 g/mol. The lowest BCUT2D eigenvalue weighted by Crippen LogP contribution is -2.37. The van der Waals surface area contributed by atoms with Gasteiger partial charge in [0.15, 0.2) is 0 Å². The normalized spacial score (nSPS) is 24.7. The highest BCUT2D eigenvalue weighted by atomic mass is 35.5. The number of likely N-dealkylation sites (tertiary alicyclic amines) is 1. The third-order valence-corrected chi connectivity index (χ3v) is 8.72. The first kappa shape index (κ1) is 24.1. The van der Waals surface area contributed by atoms with Crippen LogP contribution < -0.4 is 4.74 Å². The Kier molecular flexibility index (Phi) is 6.10. The molecule has 0 unspecified atom stereocenters. The summed E-state index contributed by atoms with van der Waals surface area (Å²) < 4.78 is 28.1. The molecule has 4 heterocycles. The lowest BCUT2D eigenvalue weighted by Gasteiger charge is -2.32. The highest BCUT2D eigenvalue weighted by molar-refractivity contribution is 6.30. The van der Waals surface area contributed by atoms with Crippen LogP contribution in [-0.2, 0) is 29.8 Å². The van der Waals surface area contributed by atoms with Crippen LogP contribution in [0.4, 0.5) is 4.39 Å². The average Bonchev–Trinajstić information content (AvgIpc) is 3.54. The van der Waals surface area contributed by atoms with Gasteiger partial charge in [-0.25, -0.2) is 14.4 Å². The molecule has 3 fully saturated rings. The van der Waals surface area contributed by atoms with Crippen LogP contribution in [0.25, 0.3) is 11.0 Å². The van der Waals surface area contributed by atoms with Crippen molar-refractivity contribution in [1.29, 1.82) is 0 Å². The Labute approximate surface area is 226 Å². The number of ether oxygens (including phenoxy) is 2. The van der Waals surface area contributed by atoms with Crippen LogP contribution in [0.2, 0.25) is 5.02 Å². The van der Waals surface area contributed by atoms with Crippen molar-refractivity contribution in [2.24, 2.45) is 5.92 Å². The van der Waals surface area contributed by atoms with Gasteiger partial charge in [0.1, 0.15) is 18.2 Å². The maximum atomic E-state index is 14.2. The Balaban J connectivity index is 1.03. The minimum atomic E-state index is -0.365. The van der Waals surface area contributed by atoms with Crippen LogP contribution in [0.1, 0.15) is 36.3 Å². The first-order chi connectivity index (χ1) is 18.6. The minimum Gasteiger partial charge on any atom is -0.473 e. The standard InChI is InChI=1S/C30H30ClFN4O2/c31-22-9-8-20(24(32)14-22)19-38-29-7-3-6-27(34-29)30-11-12-35(16-21(30)15-30)18-28-33-25-4-1-2-5-26(25)36(28)17-23-10-13-37-23/h1-9,14,21,23H,10-13,15-19H2/t21-,23+,30+/m1/s1. The maximum absolute atomic E-state index is 14.2. The smallest absolute Gasteiger partial charge is 0.213 e. The SMILES string of the molecule is Fc1cc(Cl)ccc1COc1cccc([C@]23CCN(Cc4nc5ccccc5n4C[C@@H]4CCO4)C[C@H]2C3)n1. The number of pyridine rings is 1. The number of para-hydroxylation sites is 2. The zero-order chi connectivity index (χ0) is 25.7. The van der Waals surface area contributed by atoms with Gasteiger partial charge in [-0.2, -0.15) is 0 Å². The number of fused-ring (bicyclic) bond motifs is 2. The number of halogens is 2. The Bertz CT molecular complexity index is 1490. The van der Waals surface area contributed by atoms with Crippen LogP contribution in [0.5, 0.6) is 5.88 Å². The molecule has 8 heteroatoms. The van der Waals surface area contributed by atoms with Crippen molar-refractivity contribution in [2.45, 2.75) is 50.5 Å². The molecule has 7 rings (SSSR count). The van der Waals surface area contributed by atoms with Gasteiger partial charge in [-0.3, -0.25) is 4.90 Å². The molecule has 3 atom stereocenters. The monoisotopic (exact) mass is 532 g/mol. The van der Waals surface area contributed by atoms with Crippen molar-refractivity contribution < 1.29 is 13.9 Å². The molecule has 0 bridgehead atoms. The third kappa shape index (κ3) is 4.46. The minimum absolute atomic E-state index is 0.112. The number of benzene rings is 2. The molecule has 196 valence electrons. The first-order valence-electron chi connectivity index (χ1n) is 13.4. The molecule has 0 N–H and O–H groups in total. The highest BCUT2D eigenvalue weighted by Crippen LogP contribution is 2.58. The van der Waals surface area contributed by atoms with Crippen molar-refractivity contribution in [1.82, 2.24) is 19.4 Å². The summed E-state index contributed by atoms with van der Waals surface area (Å²) in [5.41, 5.74) is 3.91. The zero-order valence-electron chi connectivity index (χ0n) is 21.2. The second-order valence-electron chi connectivity index (χ2n) is 10.8. The number of rotatable bonds is 8. The van der Waals surface area contributed by atoms with Crippen molar-refractivity contribution in [3.63, 3.8) is 0 Å². The van der Waals surface area contributed by atoms with Crippen molar-refractivity contribution in [3.8, 4) is 5.88 Å². The summed E-state index contributed by atoms with van der Waals surface area (Å²) in [7, 11) is 0.